The van der Waals surface area contributed by atoms with Crippen LogP contribution in [0.4, 0.5) is 0 Å². The molecule has 0 heterocycles. The molecule has 0 unspecified atom stereocenters. The normalized spacial score (nSPS) is 11.3. The summed E-state index contributed by atoms with van der Waals surface area (Å²) in [5, 5.41) is 2.62. The third-order valence-corrected chi connectivity index (χ3v) is 3.30. The number of nitrogens with one attached hydrogen (secondary N) is 1. The first-order chi connectivity index (χ1) is 11.1. The SMILES string of the molecule is C=CCOC(=O)[C@H](C)NC(=O)c1ccc(-c2ccccc2)cc1. The summed E-state index contributed by atoms with van der Waals surface area (Å²) in [5.41, 5.74) is 2.61. The maximum Gasteiger partial charge on any atom is 0.328 e. The quantitative estimate of drug-likeness (QED) is 0.658. The maximum absolute atomic E-state index is 12.1. The van der Waals surface area contributed by atoms with Gasteiger partial charge >= 0.3 is 5.97 Å². The molecule has 0 fully saturated rings. The van der Waals surface area contributed by atoms with Crippen LogP contribution in [0.2, 0.25) is 0 Å². The Morgan fingerprint density at radius 1 is 1.09 bits per heavy atom. The summed E-state index contributed by atoms with van der Waals surface area (Å²) in [7, 11) is 0. The molecule has 0 aliphatic heterocycles. The zero-order valence-corrected chi connectivity index (χ0v) is 13.0. The number of carbonyl (C=O) groups excluding carboxylic acids is 2. The molecule has 23 heavy (non-hydrogen) atoms. The molecule has 0 radical (unpaired) electrons. The molecule has 4 nitrogen and oxygen atoms in total. The van der Waals surface area contributed by atoms with Crippen LogP contribution < -0.4 is 5.32 Å². The molecular formula is C19H19NO3. The lowest BCUT2D eigenvalue weighted by atomic mass is 10.0. The van der Waals surface area contributed by atoms with Gasteiger partial charge < -0.3 is 10.1 Å². The highest BCUT2D eigenvalue weighted by molar-refractivity contribution is 5.97. The van der Waals surface area contributed by atoms with Crippen molar-refractivity contribution in [1.82, 2.24) is 5.32 Å². The fraction of sp³-hybridized carbons (Fsp3) is 0.158. The average molecular weight is 309 g/mol. The van der Waals surface area contributed by atoms with Crippen LogP contribution in [0.15, 0.2) is 67.3 Å². The third-order valence-electron chi connectivity index (χ3n) is 3.30. The summed E-state index contributed by atoms with van der Waals surface area (Å²) in [6.07, 6.45) is 1.48. The van der Waals surface area contributed by atoms with Crippen molar-refractivity contribution in [1.29, 1.82) is 0 Å². The van der Waals surface area contributed by atoms with Crippen LogP contribution in [0.5, 0.6) is 0 Å². The molecule has 0 bridgehead atoms. The second-order valence-electron chi connectivity index (χ2n) is 5.06. The Morgan fingerprint density at radius 3 is 2.30 bits per heavy atom. The van der Waals surface area contributed by atoms with Gasteiger partial charge in [0.2, 0.25) is 0 Å². The monoisotopic (exact) mass is 309 g/mol. The van der Waals surface area contributed by atoms with Crippen molar-refractivity contribution in [3.05, 3.63) is 72.8 Å². The number of benzene rings is 2. The molecule has 0 saturated heterocycles. The largest absolute Gasteiger partial charge is 0.460 e. The molecule has 1 atom stereocenters. The number of hydrogen-bond acceptors (Lipinski definition) is 3. The van der Waals surface area contributed by atoms with Crippen molar-refractivity contribution in [2.45, 2.75) is 13.0 Å². The Hall–Kier alpha value is -2.88. The minimum atomic E-state index is -0.712. The highest BCUT2D eigenvalue weighted by Crippen LogP contribution is 2.19. The standard InChI is InChI=1S/C19H19NO3/c1-3-13-23-19(22)14(2)20-18(21)17-11-9-16(10-12-17)15-7-5-4-6-8-15/h3-12,14H,1,13H2,2H3,(H,20,21)/t14-/m0/s1. The van der Waals surface area contributed by atoms with E-state index < -0.39 is 12.0 Å². The number of esters is 1. The van der Waals surface area contributed by atoms with E-state index >= 15 is 0 Å². The number of ether oxygens (including phenoxy) is 1. The minimum absolute atomic E-state index is 0.130. The first-order valence-corrected chi connectivity index (χ1v) is 7.35. The van der Waals surface area contributed by atoms with E-state index in [4.69, 9.17) is 4.74 Å². The van der Waals surface area contributed by atoms with Gasteiger partial charge in [0.05, 0.1) is 0 Å². The van der Waals surface area contributed by atoms with Crippen LogP contribution in [0.1, 0.15) is 17.3 Å². The fourth-order valence-corrected chi connectivity index (χ4v) is 2.05. The lowest BCUT2D eigenvalue weighted by Crippen LogP contribution is -2.39. The lowest BCUT2D eigenvalue weighted by Gasteiger charge is -2.13. The van der Waals surface area contributed by atoms with E-state index in [9.17, 15) is 9.59 Å². The highest BCUT2D eigenvalue weighted by Gasteiger charge is 2.17. The van der Waals surface area contributed by atoms with Crippen LogP contribution in [0, 0.1) is 0 Å². The van der Waals surface area contributed by atoms with E-state index in [1.165, 1.54) is 6.08 Å². The smallest absolute Gasteiger partial charge is 0.328 e. The van der Waals surface area contributed by atoms with Crippen LogP contribution in [-0.4, -0.2) is 24.5 Å². The van der Waals surface area contributed by atoms with Crippen molar-refractivity contribution in [3.8, 4) is 11.1 Å². The molecule has 1 amide bonds. The van der Waals surface area contributed by atoms with Gasteiger partial charge in [0.25, 0.3) is 5.91 Å². The van der Waals surface area contributed by atoms with Crippen molar-refractivity contribution in [2.24, 2.45) is 0 Å². The zero-order valence-electron chi connectivity index (χ0n) is 13.0. The number of amides is 1. The van der Waals surface area contributed by atoms with E-state index in [1.54, 1.807) is 19.1 Å². The summed E-state index contributed by atoms with van der Waals surface area (Å²) < 4.78 is 4.89. The van der Waals surface area contributed by atoms with Gasteiger partial charge in [-0.05, 0) is 30.2 Å². The van der Waals surface area contributed by atoms with Gasteiger partial charge in [-0.25, -0.2) is 4.79 Å². The molecule has 2 aromatic carbocycles. The van der Waals surface area contributed by atoms with Crippen LogP contribution >= 0.6 is 0 Å². The Kier molecular flexibility index (Phi) is 5.69. The van der Waals surface area contributed by atoms with E-state index in [2.05, 4.69) is 11.9 Å². The first kappa shape index (κ1) is 16.5. The first-order valence-electron chi connectivity index (χ1n) is 7.35. The highest BCUT2D eigenvalue weighted by atomic mass is 16.5. The molecule has 4 heteroatoms. The molecule has 0 aliphatic carbocycles. The molecule has 2 aromatic rings. The predicted molar refractivity (Wildman–Crippen MR) is 90.0 cm³/mol. The molecular weight excluding hydrogens is 290 g/mol. The van der Waals surface area contributed by atoms with Gasteiger partial charge in [-0.15, -0.1) is 0 Å². The maximum atomic E-state index is 12.1. The lowest BCUT2D eigenvalue weighted by molar-refractivity contribution is -0.144. The van der Waals surface area contributed by atoms with Gasteiger partial charge in [-0.2, -0.15) is 0 Å². The Balaban J connectivity index is 2.00. The summed E-state index contributed by atoms with van der Waals surface area (Å²) in [6, 6.07) is 16.4. The van der Waals surface area contributed by atoms with Crippen molar-refractivity contribution in [3.63, 3.8) is 0 Å². The van der Waals surface area contributed by atoms with Gasteiger partial charge in [0, 0.05) is 5.56 Å². The van der Waals surface area contributed by atoms with Crippen molar-refractivity contribution >= 4 is 11.9 Å². The van der Waals surface area contributed by atoms with Gasteiger partial charge in [0.1, 0.15) is 12.6 Å². The summed E-state index contributed by atoms with van der Waals surface area (Å²) in [6.45, 7) is 5.18. The molecule has 0 aliphatic rings. The number of hydrogen-bond donors (Lipinski definition) is 1. The molecule has 118 valence electrons. The fourth-order valence-electron chi connectivity index (χ4n) is 2.05. The van der Waals surface area contributed by atoms with Gasteiger partial charge in [-0.3, -0.25) is 4.79 Å². The molecule has 0 spiro atoms. The zero-order chi connectivity index (χ0) is 16.7. The Morgan fingerprint density at radius 2 is 1.70 bits per heavy atom. The second-order valence-corrected chi connectivity index (χ2v) is 5.06. The van der Waals surface area contributed by atoms with Crippen molar-refractivity contribution in [2.75, 3.05) is 6.61 Å². The summed E-state index contributed by atoms with van der Waals surface area (Å²) in [4.78, 5) is 23.8. The molecule has 0 aromatic heterocycles. The molecule has 0 saturated carbocycles. The van der Waals surface area contributed by atoms with Crippen LogP contribution in [-0.2, 0) is 9.53 Å². The summed E-state index contributed by atoms with van der Waals surface area (Å²) in [5.74, 6) is -0.799. The van der Waals surface area contributed by atoms with Crippen LogP contribution in [0.25, 0.3) is 11.1 Å². The van der Waals surface area contributed by atoms with Crippen LogP contribution in [0.3, 0.4) is 0 Å². The average Bonchev–Trinajstić information content (AvgIpc) is 2.60. The topological polar surface area (TPSA) is 55.4 Å². The number of carbonyl (C=O) groups is 2. The summed E-state index contributed by atoms with van der Waals surface area (Å²) >= 11 is 0. The van der Waals surface area contributed by atoms with E-state index in [1.807, 2.05) is 42.5 Å². The second kappa shape index (κ2) is 7.94. The third kappa shape index (κ3) is 4.54. The minimum Gasteiger partial charge on any atom is -0.460 e. The van der Waals surface area contributed by atoms with Crippen molar-refractivity contribution < 1.29 is 14.3 Å². The van der Waals surface area contributed by atoms with Gasteiger partial charge in [-0.1, -0.05) is 55.1 Å². The van der Waals surface area contributed by atoms with E-state index in [0.717, 1.165) is 11.1 Å². The Labute approximate surface area is 135 Å². The Bertz CT molecular complexity index is 678. The predicted octanol–water partition coefficient (Wildman–Crippen LogP) is 3.20. The molecule has 1 N–H and O–H groups in total. The van der Waals surface area contributed by atoms with Gasteiger partial charge in [0.15, 0.2) is 0 Å². The molecule has 2 rings (SSSR count). The van der Waals surface area contributed by atoms with E-state index in [-0.39, 0.29) is 12.5 Å². The number of rotatable bonds is 6. The van der Waals surface area contributed by atoms with E-state index in [0.29, 0.717) is 5.56 Å².